The molecule has 0 aromatic rings. The number of aliphatic hydroxyl groups excluding tert-OH is 4. The number of aliphatic carboxylic acids is 1. The highest BCUT2D eigenvalue weighted by Gasteiger charge is 2.50. The molecular weight excluding hydrogens is 284 g/mol. The molecule has 4 atom stereocenters. The summed E-state index contributed by atoms with van der Waals surface area (Å²) < 4.78 is 4.72. The van der Waals surface area contributed by atoms with Crippen molar-refractivity contribution in [1.82, 2.24) is 0 Å². The van der Waals surface area contributed by atoms with Crippen molar-refractivity contribution >= 4 is 29.0 Å². The van der Waals surface area contributed by atoms with Crippen LogP contribution in [-0.2, 0) is 9.53 Å². The van der Waals surface area contributed by atoms with Gasteiger partial charge in [-0.2, -0.15) is 0 Å². The number of rotatable bonds is 10. The zero-order valence-electron chi connectivity index (χ0n) is 10.8. The highest BCUT2D eigenvalue weighted by molar-refractivity contribution is 5.76. The van der Waals surface area contributed by atoms with Gasteiger partial charge >= 0.3 is 29.0 Å². The molecule has 0 amide bonds. The summed E-state index contributed by atoms with van der Waals surface area (Å²) in [6.45, 7) is 0.888. The van der Waals surface area contributed by atoms with E-state index in [9.17, 15) is 20.1 Å². The fourth-order valence-electron chi connectivity index (χ4n) is 1.40. The number of ether oxygens (including phenoxy) is 1. The summed E-state index contributed by atoms with van der Waals surface area (Å²) in [6, 6.07) is 0. The minimum Gasteiger partial charge on any atom is -0.477 e. The van der Waals surface area contributed by atoms with Gasteiger partial charge in [-0.15, -0.1) is 0 Å². The van der Waals surface area contributed by atoms with E-state index in [1.165, 1.54) is 0 Å². The standard InChI is InChI=1S/C11H22O8.Mg.2H/c1-2-3-4-5-19-11(18,10(16)17)9(15)8(14)7(13)6-12;;;/h7-9,12-15,18H,2-6H2,1H3,(H,16,17);;;. The van der Waals surface area contributed by atoms with Gasteiger partial charge in [0.2, 0.25) is 0 Å². The van der Waals surface area contributed by atoms with Crippen LogP contribution in [-0.4, -0.2) is 97.0 Å². The van der Waals surface area contributed by atoms with Crippen LogP contribution in [0.3, 0.4) is 0 Å². The van der Waals surface area contributed by atoms with Crippen LogP contribution in [0, 0.1) is 0 Å². The van der Waals surface area contributed by atoms with Crippen molar-refractivity contribution in [3.05, 3.63) is 0 Å². The second-order valence-electron chi connectivity index (χ2n) is 4.24. The summed E-state index contributed by atoms with van der Waals surface area (Å²) in [7, 11) is 0. The Morgan fingerprint density at radius 1 is 1.25 bits per heavy atom. The van der Waals surface area contributed by atoms with Gasteiger partial charge < -0.3 is 35.4 Å². The molecule has 20 heavy (non-hydrogen) atoms. The second-order valence-corrected chi connectivity index (χ2v) is 4.24. The fraction of sp³-hybridized carbons (Fsp3) is 0.909. The average molecular weight is 309 g/mol. The molecular formula is C11H24MgO8. The highest BCUT2D eigenvalue weighted by Crippen LogP contribution is 2.19. The maximum atomic E-state index is 11.0. The van der Waals surface area contributed by atoms with Gasteiger partial charge in [0.25, 0.3) is 5.79 Å². The van der Waals surface area contributed by atoms with Gasteiger partial charge in [0, 0.05) is 0 Å². The van der Waals surface area contributed by atoms with Gasteiger partial charge in [0.15, 0.2) is 0 Å². The third kappa shape index (κ3) is 6.18. The molecule has 0 radical (unpaired) electrons. The van der Waals surface area contributed by atoms with Crippen LogP contribution in [0.1, 0.15) is 26.2 Å². The Labute approximate surface area is 133 Å². The maximum absolute atomic E-state index is 11.0. The summed E-state index contributed by atoms with van der Waals surface area (Å²) in [4.78, 5) is 11.0. The number of hydrogen-bond donors (Lipinski definition) is 6. The van der Waals surface area contributed by atoms with Gasteiger partial charge in [-0.1, -0.05) is 19.8 Å². The summed E-state index contributed by atoms with van der Waals surface area (Å²) in [5.74, 6) is -4.93. The van der Waals surface area contributed by atoms with E-state index in [4.69, 9.17) is 20.1 Å². The van der Waals surface area contributed by atoms with E-state index >= 15 is 0 Å². The largest absolute Gasteiger partial charge is 0.477 e. The number of carbonyl (C=O) groups is 1. The Bertz CT molecular complexity index is 277. The first-order chi connectivity index (χ1) is 8.81. The van der Waals surface area contributed by atoms with Crippen molar-refractivity contribution in [2.75, 3.05) is 13.2 Å². The first-order valence-electron chi connectivity index (χ1n) is 6.06. The molecule has 0 aromatic carbocycles. The molecule has 0 saturated carbocycles. The van der Waals surface area contributed by atoms with Crippen LogP contribution in [0.2, 0.25) is 0 Å². The fourth-order valence-corrected chi connectivity index (χ4v) is 1.40. The molecule has 0 spiro atoms. The van der Waals surface area contributed by atoms with Crippen molar-refractivity contribution in [3.8, 4) is 0 Å². The van der Waals surface area contributed by atoms with Gasteiger partial charge in [-0.25, -0.2) is 4.79 Å². The molecule has 118 valence electrons. The van der Waals surface area contributed by atoms with Gasteiger partial charge in [-0.3, -0.25) is 0 Å². The second kappa shape index (κ2) is 10.7. The monoisotopic (exact) mass is 308 g/mol. The first kappa shape index (κ1) is 22.3. The minimum absolute atomic E-state index is 0. The smallest absolute Gasteiger partial charge is 0.367 e. The van der Waals surface area contributed by atoms with Crippen LogP contribution in [0.15, 0.2) is 0 Å². The Balaban J connectivity index is 0. The molecule has 9 heteroatoms. The zero-order valence-corrected chi connectivity index (χ0v) is 10.8. The van der Waals surface area contributed by atoms with E-state index < -0.39 is 36.7 Å². The molecule has 0 saturated heterocycles. The number of carboxylic acids is 1. The first-order valence-corrected chi connectivity index (χ1v) is 6.06. The number of carboxylic acid groups (broad SMARTS) is 1. The van der Waals surface area contributed by atoms with E-state index in [1.807, 2.05) is 6.92 Å². The van der Waals surface area contributed by atoms with Crippen molar-refractivity contribution in [2.24, 2.45) is 0 Å². The summed E-state index contributed by atoms with van der Waals surface area (Å²) in [5, 5.41) is 55.4. The van der Waals surface area contributed by atoms with E-state index in [0.29, 0.717) is 6.42 Å². The van der Waals surface area contributed by atoms with Crippen molar-refractivity contribution in [2.45, 2.75) is 50.3 Å². The zero-order chi connectivity index (χ0) is 15.1. The Hall–Kier alpha value is -0.00377. The van der Waals surface area contributed by atoms with Crippen LogP contribution < -0.4 is 0 Å². The lowest BCUT2D eigenvalue weighted by Crippen LogP contribution is -2.59. The number of unbranched alkanes of at least 4 members (excludes halogenated alkanes) is 2. The Morgan fingerprint density at radius 2 is 1.80 bits per heavy atom. The summed E-state index contributed by atoms with van der Waals surface area (Å²) in [5.41, 5.74) is 0. The van der Waals surface area contributed by atoms with Gasteiger partial charge in [0.1, 0.15) is 18.3 Å². The number of aliphatic hydroxyl groups is 5. The molecule has 0 heterocycles. The summed E-state index contributed by atoms with van der Waals surface area (Å²) >= 11 is 0. The van der Waals surface area contributed by atoms with Crippen LogP contribution >= 0.6 is 0 Å². The molecule has 0 rings (SSSR count). The van der Waals surface area contributed by atoms with Crippen molar-refractivity contribution in [1.29, 1.82) is 0 Å². The topological polar surface area (TPSA) is 148 Å². The van der Waals surface area contributed by atoms with E-state index in [0.717, 1.165) is 12.8 Å². The van der Waals surface area contributed by atoms with E-state index in [1.54, 1.807) is 0 Å². The molecule has 0 fully saturated rings. The lowest BCUT2D eigenvalue weighted by atomic mass is 10.00. The van der Waals surface area contributed by atoms with Crippen LogP contribution in [0.5, 0.6) is 0 Å². The predicted octanol–water partition coefficient (Wildman–Crippen LogP) is -2.87. The van der Waals surface area contributed by atoms with E-state index in [-0.39, 0.29) is 29.7 Å². The van der Waals surface area contributed by atoms with Crippen molar-refractivity contribution < 1.29 is 40.2 Å². The molecule has 0 aromatic heterocycles. The van der Waals surface area contributed by atoms with E-state index in [2.05, 4.69) is 0 Å². The summed E-state index contributed by atoms with van der Waals surface area (Å²) in [6.07, 6.45) is -4.08. The molecule has 0 aliphatic heterocycles. The molecule has 8 nitrogen and oxygen atoms in total. The Kier molecular flexibility index (Phi) is 11.9. The third-order valence-electron chi connectivity index (χ3n) is 2.68. The van der Waals surface area contributed by atoms with Gasteiger partial charge in [-0.05, 0) is 6.42 Å². The normalized spacial score (nSPS) is 18.5. The van der Waals surface area contributed by atoms with Crippen molar-refractivity contribution in [3.63, 3.8) is 0 Å². The highest BCUT2D eigenvalue weighted by atomic mass is 24.3. The van der Waals surface area contributed by atoms with Crippen LogP contribution in [0.25, 0.3) is 0 Å². The lowest BCUT2D eigenvalue weighted by molar-refractivity contribution is -0.278. The quantitative estimate of drug-likeness (QED) is 0.143. The predicted molar refractivity (Wildman–Crippen MR) is 71.7 cm³/mol. The molecule has 0 bridgehead atoms. The molecule has 6 N–H and O–H groups in total. The minimum atomic E-state index is -3.04. The Morgan fingerprint density at radius 3 is 2.20 bits per heavy atom. The maximum Gasteiger partial charge on any atom is 0.367 e. The molecule has 0 aliphatic carbocycles. The SMILES string of the molecule is CCCCCOC(O)(C(=O)O)C(O)C(O)C(O)CO.[MgH2]. The lowest BCUT2D eigenvalue weighted by Gasteiger charge is -2.32. The van der Waals surface area contributed by atoms with Gasteiger partial charge in [0.05, 0.1) is 13.2 Å². The number of hydrogen-bond acceptors (Lipinski definition) is 7. The van der Waals surface area contributed by atoms with Crippen LogP contribution in [0.4, 0.5) is 0 Å². The third-order valence-corrected chi connectivity index (χ3v) is 2.68. The average Bonchev–Trinajstić information content (AvgIpc) is 2.40. The molecule has 0 aliphatic rings. The molecule has 4 unspecified atom stereocenters.